The Balaban J connectivity index is 2.48. The van der Waals surface area contributed by atoms with Crippen LogP contribution >= 0.6 is 11.6 Å². The molecule has 0 aliphatic carbocycles. The van der Waals surface area contributed by atoms with Crippen LogP contribution in [0, 0.1) is 19.3 Å². The van der Waals surface area contributed by atoms with E-state index in [-0.39, 0.29) is 5.84 Å². The minimum atomic E-state index is -0.0640. The molecule has 2 aromatic rings. The minimum Gasteiger partial charge on any atom is -0.453 e. The van der Waals surface area contributed by atoms with Gasteiger partial charge in [-0.05, 0) is 26.0 Å². The zero-order valence-corrected chi connectivity index (χ0v) is 11.7. The minimum absolute atomic E-state index is 0.0640. The Labute approximate surface area is 116 Å². The van der Waals surface area contributed by atoms with Gasteiger partial charge in [-0.2, -0.15) is 5.10 Å². The number of aromatic nitrogens is 2. The Morgan fingerprint density at radius 3 is 2.63 bits per heavy atom. The molecule has 0 aliphatic rings. The summed E-state index contributed by atoms with van der Waals surface area (Å²) in [6.45, 7) is 3.77. The number of benzene rings is 1. The van der Waals surface area contributed by atoms with Gasteiger partial charge in [0.05, 0.1) is 11.3 Å². The lowest BCUT2D eigenvalue weighted by atomic mass is 10.2. The number of nitrogens with zero attached hydrogens (tertiary/aromatic N) is 2. The molecule has 0 saturated heterocycles. The third-order valence-electron chi connectivity index (χ3n) is 2.89. The van der Waals surface area contributed by atoms with E-state index in [9.17, 15) is 0 Å². The first-order valence-corrected chi connectivity index (χ1v) is 6.10. The number of hydrogen-bond donors (Lipinski definition) is 2. The quantitative estimate of drug-likeness (QED) is 0.669. The second-order valence-electron chi connectivity index (χ2n) is 4.28. The number of rotatable bonds is 3. The molecule has 6 heteroatoms. The zero-order valence-electron chi connectivity index (χ0n) is 11.0. The van der Waals surface area contributed by atoms with Crippen molar-refractivity contribution < 1.29 is 4.74 Å². The number of nitrogens with two attached hydrogens (primary N) is 1. The van der Waals surface area contributed by atoms with Crippen LogP contribution < -0.4 is 10.5 Å². The second kappa shape index (κ2) is 4.93. The molecule has 1 aromatic carbocycles. The van der Waals surface area contributed by atoms with E-state index in [0.29, 0.717) is 22.1 Å². The second-order valence-corrected chi connectivity index (χ2v) is 4.72. The van der Waals surface area contributed by atoms with Gasteiger partial charge in [0, 0.05) is 18.1 Å². The van der Waals surface area contributed by atoms with Crippen LogP contribution in [0.5, 0.6) is 11.5 Å². The van der Waals surface area contributed by atoms with E-state index in [2.05, 4.69) is 5.10 Å². The van der Waals surface area contributed by atoms with Gasteiger partial charge in [-0.3, -0.25) is 10.1 Å². The maximum atomic E-state index is 7.56. The molecule has 1 heterocycles. The molecule has 0 aliphatic heterocycles. The Bertz CT molecular complexity index is 648. The fourth-order valence-electron chi connectivity index (χ4n) is 1.81. The van der Waals surface area contributed by atoms with E-state index >= 15 is 0 Å². The molecule has 0 fully saturated rings. The summed E-state index contributed by atoms with van der Waals surface area (Å²) in [7, 11) is 1.85. The Hall–Kier alpha value is -2.01. The molecule has 0 saturated carbocycles. The summed E-state index contributed by atoms with van der Waals surface area (Å²) < 4.78 is 7.58. The average molecular weight is 279 g/mol. The van der Waals surface area contributed by atoms with E-state index in [1.54, 1.807) is 22.9 Å². The molecule has 19 heavy (non-hydrogen) atoms. The molecule has 0 unspecified atom stereocenters. The van der Waals surface area contributed by atoms with Crippen LogP contribution in [-0.4, -0.2) is 15.6 Å². The Morgan fingerprint density at radius 2 is 2.11 bits per heavy atom. The predicted molar refractivity (Wildman–Crippen MR) is 75.2 cm³/mol. The summed E-state index contributed by atoms with van der Waals surface area (Å²) >= 11 is 5.96. The van der Waals surface area contributed by atoms with Crippen LogP contribution in [0.25, 0.3) is 0 Å². The van der Waals surface area contributed by atoms with Crippen molar-refractivity contribution in [3.63, 3.8) is 0 Å². The van der Waals surface area contributed by atoms with Crippen LogP contribution in [-0.2, 0) is 7.05 Å². The first-order valence-electron chi connectivity index (χ1n) is 5.72. The van der Waals surface area contributed by atoms with E-state index in [1.165, 1.54) is 0 Å². The molecule has 5 nitrogen and oxygen atoms in total. The van der Waals surface area contributed by atoms with E-state index in [1.807, 2.05) is 20.9 Å². The van der Waals surface area contributed by atoms with Gasteiger partial charge in [0.15, 0.2) is 5.75 Å². The standard InChI is InChI=1S/C13H15ClN4O/c1-7-12(8(2)18(3)17-7)19-11-6-9(14)4-5-10(11)13(15)16/h4-6H,1-3H3,(H3,15,16). The summed E-state index contributed by atoms with van der Waals surface area (Å²) in [5.74, 6) is 1.05. The van der Waals surface area contributed by atoms with Crippen molar-refractivity contribution in [2.24, 2.45) is 12.8 Å². The lowest BCUT2D eigenvalue weighted by Crippen LogP contribution is -2.12. The number of amidine groups is 1. The highest BCUT2D eigenvalue weighted by Gasteiger charge is 2.15. The summed E-state index contributed by atoms with van der Waals surface area (Å²) in [5, 5.41) is 12.4. The predicted octanol–water partition coefficient (Wildman–Crippen LogP) is 2.77. The third kappa shape index (κ3) is 2.56. The monoisotopic (exact) mass is 278 g/mol. The summed E-state index contributed by atoms with van der Waals surface area (Å²) in [6, 6.07) is 4.99. The van der Waals surface area contributed by atoms with E-state index < -0.39 is 0 Å². The van der Waals surface area contributed by atoms with Crippen molar-refractivity contribution in [1.29, 1.82) is 5.41 Å². The number of aryl methyl sites for hydroxylation is 2. The molecule has 100 valence electrons. The van der Waals surface area contributed by atoms with Gasteiger partial charge < -0.3 is 10.5 Å². The maximum Gasteiger partial charge on any atom is 0.171 e. The number of nitrogens with one attached hydrogen (secondary N) is 1. The van der Waals surface area contributed by atoms with Crippen LogP contribution in [0.15, 0.2) is 18.2 Å². The van der Waals surface area contributed by atoms with E-state index in [0.717, 1.165) is 11.4 Å². The molecule has 2 rings (SSSR count). The fraction of sp³-hybridized carbons (Fsp3) is 0.231. The fourth-order valence-corrected chi connectivity index (χ4v) is 1.98. The number of ether oxygens (including phenoxy) is 1. The van der Waals surface area contributed by atoms with Crippen molar-refractivity contribution in [2.45, 2.75) is 13.8 Å². The van der Waals surface area contributed by atoms with Gasteiger partial charge in [-0.1, -0.05) is 11.6 Å². The Morgan fingerprint density at radius 1 is 1.42 bits per heavy atom. The zero-order chi connectivity index (χ0) is 14.2. The topological polar surface area (TPSA) is 76.9 Å². The smallest absolute Gasteiger partial charge is 0.171 e. The first-order chi connectivity index (χ1) is 8.90. The lowest BCUT2D eigenvalue weighted by Gasteiger charge is -2.11. The van der Waals surface area contributed by atoms with Crippen molar-refractivity contribution in [3.05, 3.63) is 40.2 Å². The summed E-state index contributed by atoms with van der Waals surface area (Å²) in [4.78, 5) is 0. The highest BCUT2D eigenvalue weighted by Crippen LogP contribution is 2.32. The highest BCUT2D eigenvalue weighted by molar-refractivity contribution is 6.30. The highest BCUT2D eigenvalue weighted by atomic mass is 35.5. The Kier molecular flexibility index (Phi) is 3.48. The lowest BCUT2D eigenvalue weighted by molar-refractivity contribution is 0.473. The van der Waals surface area contributed by atoms with Gasteiger partial charge in [-0.15, -0.1) is 0 Å². The van der Waals surface area contributed by atoms with Crippen molar-refractivity contribution in [2.75, 3.05) is 0 Å². The third-order valence-corrected chi connectivity index (χ3v) is 3.12. The van der Waals surface area contributed by atoms with Crippen molar-refractivity contribution >= 4 is 17.4 Å². The van der Waals surface area contributed by atoms with Gasteiger partial charge >= 0.3 is 0 Å². The van der Waals surface area contributed by atoms with Crippen LogP contribution in [0.3, 0.4) is 0 Å². The largest absolute Gasteiger partial charge is 0.453 e. The number of nitrogen functional groups attached to an aromatic ring is 1. The average Bonchev–Trinajstić information content (AvgIpc) is 2.56. The van der Waals surface area contributed by atoms with Gasteiger partial charge in [0.1, 0.15) is 17.3 Å². The summed E-state index contributed by atoms with van der Waals surface area (Å²) in [5.41, 5.74) is 7.71. The number of halogens is 1. The molecular formula is C13H15ClN4O. The molecule has 3 N–H and O–H groups in total. The van der Waals surface area contributed by atoms with Crippen molar-refractivity contribution in [3.8, 4) is 11.5 Å². The summed E-state index contributed by atoms with van der Waals surface area (Å²) in [6.07, 6.45) is 0. The number of hydrogen-bond acceptors (Lipinski definition) is 3. The molecule has 0 atom stereocenters. The molecule has 0 amide bonds. The SMILES string of the molecule is Cc1nn(C)c(C)c1Oc1cc(Cl)ccc1C(=N)N. The van der Waals surface area contributed by atoms with Crippen LogP contribution in [0.1, 0.15) is 17.0 Å². The van der Waals surface area contributed by atoms with Crippen molar-refractivity contribution in [1.82, 2.24) is 9.78 Å². The van der Waals surface area contributed by atoms with Crippen LogP contribution in [0.4, 0.5) is 0 Å². The first kappa shape index (κ1) is 13.4. The van der Waals surface area contributed by atoms with Gasteiger partial charge in [0.2, 0.25) is 0 Å². The van der Waals surface area contributed by atoms with E-state index in [4.69, 9.17) is 27.5 Å². The van der Waals surface area contributed by atoms with Crippen LogP contribution in [0.2, 0.25) is 5.02 Å². The maximum absolute atomic E-state index is 7.56. The van der Waals surface area contributed by atoms with Gasteiger partial charge in [0.25, 0.3) is 0 Å². The normalized spacial score (nSPS) is 10.5. The molecule has 0 spiro atoms. The van der Waals surface area contributed by atoms with Gasteiger partial charge in [-0.25, -0.2) is 0 Å². The molecule has 0 radical (unpaired) electrons. The molecule has 0 bridgehead atoms. The molecule has 1 aromatic heterocycles. The molecular weight excluding hydrogens is 264 g/mol.